The summed E-state index contributed by atoms with van der Waals surface area (Å²) in [5, 5.41) is 8.81. The maximum absolute atomic E-state index is 11.9. The van der Waals surface area contributed by atoms with Crippen LogP contribution in [0.25, 0.3) is 0 Å². The summed E-state index contributed by atoms with van der Waals surface area (Å²) in [5.74, 6) is 0.0263. The summed E-state index contributed by atoms with van der Waals surface area (Å²) in [7, 11) is 0. The van der Waals surface area contributed by atoms with Crippen LogP contribution in [-0.2, 0) is 16.0 Å². The molecule has 0 saturated carbocycles. The number of carbonyl (C=O) groups excluding carboxylic acids is 2. The number of nitrogens with one attached hydrogen (secondary N) is 3. The summed E-state index contributed by atoms with van der Waals surface area (Å²) < 4.78 is 0. The molecule has 1 fully saturated rings. The van der Waals surface area contributed by atoms with Gasteiger partial charge in [0.2, 0.25) is 11.8 Å². The van der Waals surface area contributed by atoms with Crippen molar-refractivity contribution < 1.29 is 9.59 Å². The van der Waals surface area contributed by atoms with Crippen LogP contribution in [0.2, 0.25) is 0 Å². The topological polar surface area (TPSA) is 70.2 Å². The average molecular weight is 275 g/mol. The molecule has 20 heavy (non-hydrogen) atoms. The van der Waals surface area contributed by atoms with E-state index in [4.69, 9.17) is 0 Å². The van der Waals surface area contributed by atoms with Gasteiger partial charge in [-0.05, 0) is 44.0 Å². The van der Waals surface area contributed by atoms with Crippen molar-refractivity contribution in [2.75, 3.05) is 18.4 Å². The fraction of sp³-hybridized carbons (Fsp3) is 0.467. The SMILES string of the molecule is CCNC(=O)Cc1ccc(NC(=O)[C@@H]2CCCN2)cc1. The van der Waals surface area contributed by atoms with Gasteiger partial charge in [-0.2, -0.15) is 0 Å². The number of rotatable bonds is 5. The summed E-state index contributed by atoms with van der Waals surface area (Å²) in [6.45, 7) is 3.44. The van der Waals surface area contributed by atoms with Gasteiger partial charge in [-0.25, -0.2) is 0 Å². The zero-order valence-electron chi connectivity index (χ0n) is 11.7. The second-order valence-corrected chi connectivity index (χ2v) is 4.97. The van der Waals surface area contributed by atoms with Gasteiger partial charge in [0.25, 0.3) is 0 Å². The first kappa shape index (κ1) is 14.5. The predicted molar refractivity (Wildman–Crippen MR) is 78.5 cm³/mol. The summed E-state index contributed by atoms with van der Waals surface area (Å²) in [6.07, 6.45) is 2.30. The van der Waals surface area contributed by atoms with Gasteiger partial charge in [0.15, 0.2) is 0 Å². The van der Waals surface area contributed by atoms with Crippen LogP contribution in [0.5, 0.6) is 0 Å². The van der Waals surface area contributed by atoms with Crippen molar-refractivity contribution in [3.05, 3.63) is 29.8 Å². The van der Waals surface area contributed by atoms with Gasteiger partial charge >= 0.3 is 0 Å². The van der Waals surface area contributed by atoms with E-state index < -0.39 is 0 Å². The minimum Gasteiger partial charge on any atom is -0.356 e. The van der Waals surface area contributed by atoms with Crippen LogP contribution in [0.1, 0.15) is 25.3 Å². The summed E-state index contributed by atoms with van der Waals surface area (Å²) in [5.41, 5.74) is 1.70. The van der Waals surface area contributed by atoms with Gasteiger partial charge in [-0.1, -0.05) is 12.1 Å². The van der Waals surface area contributed by atoms with Gasteiger partial charge in [0.1, 0.15) is 0 Å². The Morgan fingerprint density at radius 2 is 2.05 bits per heavy atom. The van der Waals surface area contributed by atoms with Gasteiger partial charge in [-0.15, -0.1) is 0 Å². The Morgan fingerprint density at radius 3 is 2.65 bits per heavy atom. The normalized spacial score (nSPS) is 17.8. The molecule has 1 heterocycles. The average Bonchev–Trinajstić information content (AvgIpc) is 2.95. The summed E-state index contributed by atoms with van der Waals surface area (Å²) in [6, 6.07) is 7.33. The largest absolute Gasteiger partial charge is 0.356 e. The lowest BCUT2D eigenvalue weighted by Crippen LogP contribution is -2.35. The molecule has 1 aliphatic rings. The van der Waals surface area contributed by atoms with Gasteiger partial charge in [0, 0.05) is 12.2 Å². The molecule has 0 radical (unpaired) electrons. The molecule has 1 aromatic rings. The lowest BCUT2D eigenvalue weighted by Gasteiger charge is -2.11. The molecule has 1 saturated heterocycles. The van der Waals surface area contributed by atoms with E-state index in [1.165, 1.54) is 0 Å². The monoisotopic (exact) mass is 275 g/mol. The third kappa shape index (κ3) is 4.06. The number of likely N-dealkylation sites (N-methyl/N-ethyl adjacent to an activating group) is 1. The number of benzene rings is 1. The third-order valence-electron chi connectivity index (χ3n) is 3.34. The van der Waals surface area contributed by atoms with E-state index in [1.54, 1.807) is 0 Å². The number of carbonyl (C=O) groups is 2. The zero-order chi connectivity index (χ0) is 14.4. The predicted octanol–water partition coefficient (Wildman–Crippen LogP) is 1.06. The van der Waals surface area contributed by atoms with Crippen LogP contribution in [0, 0.1) is 0 Å². The highest BCUT2D eigenvalue weighted by molar-refractivity contribution is 5.95. The Morgan fingerprint density at radius 1 is 1.30 bits per heavy atom. The highest BCUT2D eigenvalue weighted by atomic mass is 16.2. The van der Waals surface area contributed by atoms with Crippen LogP contribution in [0.4, 0.5) is 5.69 Å². The van der Waals surface area contributed by atoms with Crippen molar-refractivity contribution >= 4 is 17.5 Å². The van der Waals surface area contributed by atoms with Crippen molar-refractivity contribution in [2.45, 2.75) is 32.2 Å². The van der Waals surface area contributed by atoms with Crippen molar-refractivity contribution in [2.24, 2.45) is 0 Å². The van der Waals surface area contributed by atoms with Crippen LogP contribution < -0.4 is 16.0 Å². The molecule has 3 N–H and O–H groups in total. The molecule has 0 bridgehead atoms. The molecule has 2 rings (SSSR count). The zero-order valence-corrected chi connectivity index (χ0v) is 11.7. The molecule has 0 spiro atoms. The van der Waals surface area contributed by atoms with Gasteiger partial charge in [-0.3, -0.25) is 9.59 Å². The molecule has 0 unspecified atom stereocenters. The Labute approximate surface area is 119 Å². The Hall–Kier alpha value is -1.88. The van der Waals surface area contributed by atoms with E-state index in [2.05, 4.69) is 16.0 Å². The molecule has 1 aromatic carbocycles. The van der Waals surface area contributed by atoms with E-state index in [-0.39, 0.29) is 17.9 Å². The fourth-order valence-electron chi connectivity index (χ4n) is 2.29. The van der Waals surface area contributed by atoms with Crippen LogP contribution in [0.15, 0.2) is 24.3 Å². The minimum atomic E-state index is -0.0787. The van der Waals surface area contributed by atoms with Crippen molar-refractivity contribution in [3.63, 3.8) is 0 Å². The highest BCUT2D eigenvalue weighted by Crippen LogP contribution is 2.12. The van der Waals surface area contributed by atoms with Crippen LogP contribution in [0.3, 0.4) is 0 Å². The Kier molecular flexibility index (Phi) is 5.12. The van der Waals surface area contributed by atoms with E-state index in [9.17, 15) is 9.59 Å². The van der Waals surface area contributed by atoms with E-state index in [0.717, 1.165) is 30.6 Å². The van der Waals surface area contributed by atoms with E-state index in [0.29, 0.717) is 13.0 Å². The van der Waals surface area contributed by atoms with Crippen molar-refractivity contribution in [1.29, 1.82) is 0 Å². The smallest absolute Gasteiger partial charge is 0.241 e. The van der Waals surface area contributed by atoms with Crippen LogP contribution in [-0.4, -0.2) is 30.9 Å². The van der Waals surface area contributed by atoms with Gasteiger partial charge < -0.3 is 16.0 Å². The first-order valence-corrected chi connectivity index (χ1v) is 7.09. The molecule has 5 heteroatoms. The number of amides is 2. The molecule has 108 valence electrons. The van der Waals surface area contributed by atoms with Crippen molar-refractivity contribution in [3.8, 4) is 0 Å². The highest BCUT2D eigenvalue weighted by Gasteiger charge is 2.21. The molecule has 1 atom stereocenters. The second-order valence-electron chi connectivity index (χ2n) is 4.97. The second kappa shape index (κ2) is 7.05. The maximum Gasteiger partial charge on any atom is 0.241 e. The molecule has 5 nitrogen and oxygen atoms in total. The molecule has 0 aromatic heterocycles. The molecule has 2 amide bonds. The summed E-state index contributed by atoms with van der Waals surface area (Å²) >= 11 is 0. The lowest BCUT2D eigenvalue weighted by atomic mass is 10.1. The molecule has 0 aliphatic carbocycles. The molecule has 1 aliphatic heterocycles. The maximum atomic E-state index is 11.9. The van der Waals surface area contributed by atoms with Gasteiger partial charge in [0.05, 0.1) is 12.5 Å². The summed E-state index contributed by atoms with van der Waals surface area (Å²) in [4.78, 5) is 23.4. The first-order chi connectivity index (χ1) is 9.69. The lowest BCUT2D eigenvalue weighted by molar-refractivity contribution is -0.120. The first-order valence-electron chi connectivity index (χ1n) is 7.09. The number of hydrogen-bond donors (Lipinski definition) is 3. The quantitative estimate of drug-likeness (QED) is 0.752. The third-order valence-corrected chi connectivity index (χ3v) is 3.34. The Balaban J connectivity index is 1.87. The molecular weight excluding hydrogens is 254 g/mol. The number of anilines is 1. The standard InChI is InChI=1S/C15H21N3O2/c1-2-16-14(19)10-11-5-7-12(8-6-11)18-15(20)13-4-3-9-17-13/h5-8,13,17H,2-4,9-10H2,1H3,(H,16,19)(H,18,20)/t13-/m0/s1. The fourth-order valence-corrected chi connectivity index (χ4v) is 2.29. The van der Waals surface area contributed by atoms with Crippen LogP contribution >= 0.6 is 0 Å². The Bertz CT molecular complexity index is 465. The van der Waals surface area contributed by atoms with Crippen molar-refractivity contribution in [1.82, 2.24) is 10.6 Å². The minimum absolute atomic E-state index is 0.0129. The van der Waals surface area contributed by atoms with E-state index in [1.807, 2.05) is 31.2 Å². The van der Waals surface area contributed by atoms with E-state index >= 15 is 0 Å². The number of hydrogen-bond acceptors (Lipinski definition) is 3. The molecular formula is C15H21N3O2.